The van der Waals surface area contributed by atoms with Gasteiger partial charge in [0.05, 0.1) is 5.69 Å². The molecule has 1 aromatic rings. The van der Waals surface area contributed by atoms with Crippen LogP contribution in [0.25, 0.3) is 0 Å². The minimum atomic E-state index is -0.420. The summed E-state index contributed by atoms with van der Waals surface area (Å²) in [7, 11) is 0. The van der Waals surface area contributed by atoms with Crippen molar-refractivity contribution >= 4 is 15.9 Å². The van der Waals surface area contributed by atoms with E-state index in [0.29, 0.717) is 22.8 Å². The number of hydrogen-bond acceptors (Lipinski definition) is 3. The number of aromatic nitrogens is 2. The average molecular weight is 343 g/mol. The van der Waals surface area contributed by atoms with Crippen molar-refractivity contribution in [1.29, 1.82) is 0 Å². The van der Waals surface area contributed by atoms with Crippen molar-refractivity contribution in [3.63, 3.8) is 0 Å². The fraction of sp³-hybridized carbons (Fsp3) is 0.733. The second kappa shape index (κ2) is 6.39. The number of ether oxygens (including phenoxy) is 1. The summed E-state index contributed by atoms with van der Waals surface area (Å²) in [5.41, 5.74) is 0.279. The van der Waals surface area contributed by atoms with E-state index in [9.17, 15) is 4.79 Å². The summed E-state index contributed by atoms with van der Waals surface area (Å²) >= 11 is 3.32. The molecule has 1 fully saturated rings. The molecule has 5 heteroatoms. The first-order chi connectivity index (χ1) is 9.52. The van der Waals surface area contributed by atoms with Gasteiger partial charge in [-0.3, -0.25) is 4.79 Å². The Morgan fingerprint density at radius 1 is 1.50 bits per heavy atom. The van der Waals surface area contributed by atoms with Gasteiger partial charge in [-0.2, -0.15) is 0 Å². The average Bonchev–Trinajstić information content (AvgIpc) is 2.42. The van der Waals surface area contributed by atoms with E-state index in [0.717, 1.165) is 31.4 Å². The Morgan fingerprint density at radius 3 is 2.85 bits per heavy atom. The van der Waals surface area contributed by atoms with Crippen LogP contribution in [0.5, 0.6) is 0 Å². The van der Waals surface area contributed by atoms with Gasteiger partial charge in [0.2, 0.25) is 0 Å². The molecular weight excluding hydrogens is 320 g/mol. The van der Waals surface area contributed by atoms with E-state index in [1.54, 1.807) is 0 Å². The zero-order valence-electron chi connectivity index (χ0n) is 12.5. The summed E-state index contributed by atoms with van der Waals surface area (Å²) in [5.74, 6) is 1.30. The van der Waals surface area contributed by atoms with Gasteiger partial charge in [0, 0.05) is 6.61 Å². The van der Waals surface area contributed by atoms with Crippen LogP contribution in [0, 0.1) is 5.92 Å². The molecule has 0 spiro atoms. The lowest BCUT2D eigenvalue weighted by Crippen LogP contribution is -2.39. The highest BCUT2D eigenvalue weighted by molar-refractivity contribution is 9.10. The molecule has 2 atom stereocenters. The lowest BCUT2D eigenvalue weighted by Gasteiger charge is -2.38. The van der Waals surface area contributed by atoms with Crippen molar-refractivity contribution in [2.24, 2.45) is 5.92 Å². The Hall–Kier alpha value is -0.680. The molecular formula is C15H23BrN2O2. The van der Waals surface area contributed by atoms with E-state index in [1.165, 1.54) is 6.42 Å². The van der Waals surface area contributed by atoms with E-state index in [2.05, 4.69) is 32.8 Å². The quantitative estimate of drug-likeness (QED) is 0.910. The molecule has 1 N–H and O–H groups in total. The van der Waals surface area contributed by atoms with Crippen LogP contribution in [0.4, 0.5) is 0 Å². The highest BCUT2D eigenvalue weighted by Gasteiger charge is 2.40. The molecule has 0 saturated heterocycles. The van der Waals surface area contributed by atoms with Crippen LogP contribution in [-0.4, -0.2) is 16.6 Å². The summed E-state index contributed by atoms with van der Waals surface area (Å²) in [5, 5.41) is 0. The first kappa shape index (κ1) is 15.7. The maximum Gasteiger partial charge on any atom is 0.265 e. The Balaban J connectivity index is 2.49. The van der Waals surface area contributed by atoms with Crippen LogP contribution in [0.1, 0.15) is 58.0 Å². The molecule has 20 heavy (non-hydrogen) atoms. The summed E-state index contributed by atoms with van der Waals surface area (Å²) < 4.78 is 6.61. The number of H-pyrrole nitrogens is 1. The van der Waals surface area contributed by atoms with Gasteiger partial charge in [0.15, 0.2) is 0 Å². The van der Waals surface area contributed by atoms with Crippen LogP contribution in [0.3, 0.4) is 0 Å². The van der Waals surface area contributed by atoms with Gasteiger partial charge < -0.3 is 9.72 Å². The van der Waals surface area contributed by atoms with Crippen molar-refractivity contribution < 1.29 is 4.74 Å². The SMILES string of the molecule is CCOC1(c2nc(CC)c(Br)c(=O)[nH]2)CCCC(C)C1. The van der Waals surface area contributed by atoms with E-state index in [-0.39, 0.29) is 5.56 Å². The minimum absolute atomic E-state index is 0.107. The summed E-state index contributed by atoms with van der Waals surface area (Å²) in [6, 6.07) is 0. The van der Waals surface area contributed by atoms with Gasteiger partial charge in [0.1, 0.15) is 15.9 Å². The molecule has 0 radical (unpaired) electrons. The molecule has 2 unspecified atom stereocenters. The predicted octanol–water partition coefficient (Wildman–Crippen LogP) is 3.54. The van der Waals surface area contributed by atoms with Crippen molar-refractivity contribution in [3.05, 3.63) is 26.3 Å². The molecule has 1 aromatic heterocycles. The molecule has 1 aliphatic rings. The number of rotatable bonds is 4. The zero-order chi connectivity index (χ0) is 14.8. The smallest absolute Gasteiger partial charge is 0.265 e. The van der Waals surface area contributed by atoms with E-state index in [1.807, 2.05) is 13.8 Å². The van der Waals surface area contributed by atoms with Crippen LogP contribution in [0.15, 0.2) is 9.27 Å². The third-order valence-electron chi connectivity index (χ3n) is 4.07. The van der Waals surface area contributed by atoms with Gasteiger partial charge in [-0.25, -0.2) is 4.98 Å². The van der Waals surface area contributed by atoms with E-state index < -0.39 is 5.60 Å². The summed E-state index contributed by atoms with van der Waals surface area (Å²) in [6.07, 6.45) is 4.92. The van der Waals surface area contributed by atoms with Crippen LogP contribution in [-0.2, 0) is 16.8 Å². The maximum atomic E-state index is 12.1. The first-order valence-electron chi connectivity index (χ1n) is 7.45. The summed E-state index contributed by atoms with van der Waals surface area (Å²) in [6.45, 7) is 6.88. The number of hydrogen-bond donors (Lipinski definition) is 1. The van der Waals surface area contributed by atoms with Gasteiger partial charge >= 0.3 is 0 Å². The molecule has 0 aromatic carbocycles. The Morgan fingerprint density at radius 2 is 2.25 bits per heavy atom. The normalized spacial score (nSPS) is 26.7. The van der Waals surface area contributed by atoms with Crippen molar-refractivity contribution in [2.75, 3.05) is 6.61 Å². The number of nitrogens with one attached hydrogen (secondary N) is 1. The third kappa shape index (κ3) is 2.98. The molecule has 0 bridgehead atoms. The second-order valence-corrected chi connectivity index (χ2v) is 6.45. The number of halogens is 1. The molecule has 1 heterocycles. The molecule has 1 saturated carbocycles. The number of nitrogens with zero attached hydrogens (tertiary/aromatic N) is 1. The lowest BCUT2D eigenvalue weighted by molar-refractivity contribution is -0.0883. The van der Waals surface area contributed by atoms with Crippen LogP contribution in [0.2, 0.25) is 0 Å². The standard InChI is InChI=1S/C15H23BrN2O2/c1-4-11-12(16)13(19)18-14(17-11)15(20-5-2)8-6-7-10(3)9-15/h10H,4-9H2,1-3H3,(H,17,18,19). The van der Waals surface area contributed by atoms with Crippen molar-refractivity contribution in [3.8, 4) is 0 Å². The summed E-state index contributed by atoms with van der Waals surface area (Å²) in [4.78, 5) is 19.7. The maximum absolute atomic E-state index is 12.1. The van der Waals surface area contributed by atoms with Gasteiger partial charge in [-0.15, -0.1) is 0 Å². The number of aromatic amines is 1. The lowest BCUT2D eigenvalue weighted by atomic mass is 9.78. The monoisotopic (exact) mass is 342 g/mol. The molecule has 2 rings (SSSR count). The van der Waals surface area contributed by atoms with Crippen LogP contribution >= 0.6 is 15.9 Å². The predicted molar refractivity (Wildman–Crippen MR) is 82.9 cm³/mol. The van der Waals surface area contributed by atoms with Crippen molar-refractivity contribution in [2.45, 2.75) is 58.5 Å². The minimum Gasteiger partial charge on any atom is -0.367 e. The molecule has 4 nitrogen and oxygen atoms in total. The fourth-order valence-corrected chi connectivity index (χ4v) is 3.62. The highest BCUT2D eigenvalue weighted by Crippen LogP contribution is 2.41. The fourth-order valence-electron chi connectivity index (χ4n) is 3.15. The van der Waals surface area contributed by atoms with Gasteiger partial charge in [0.25, 0.3) is 5.56 Å². The molecule has 0 aliphatic heterocycles. The largest absolute Gasteiger partial charge is 0.367 e. The van der Waals surface area contributed by atoms with Crippen molar-refractivity contribution in [1.82, 2.24) is 9.97 Å². The molecule has 1 aliphatic carbocycles. The Labute approximate surface area is 128 Å². The van der Waals surface area contributed by atoms with E-state index in [4.69, 9.17) is 4.74 Å². The van der Waals surface area contributed by atoms with Crippen LogP contribution < -0.4 is 5.56 Å². The Kier molecular flexibility index (Phi) is 5.02. The topological polar surface area (TPSA) is 55.0 Å². The third-order valence-corrected chi connectivity index (χ3v) is 4.89. The molecule has 0 amide bonds. The second-order valence-electron chi connectivity index (χ2n) is 5.66. The first-order valence-corrected chi connectivity index (χ1v) is 8.24. The van der Waals surface area contributed by atoms with E-state index >= 15 is 0 Å². The number of aryl methyl sites for hydroxylation is 1. The highest BCUT2D eigenvalue weighted by atomic mass is 79.9. The van der Waals surface area contributed by atoms with Gasteiger partial charge in [-0.1, -0.05) is 20.3 Å². The zero-order valence-corrected chi connectivity index (χ0v) is 14.0. The molecule has 112 valence electrons. The van der Waals surface area contributed by atoms with Gasteiger partial charge in [-0.05, 0) is 54.5 Å². The Bertz CT molecular complexity index is 525.